The van der Waals surface area contributed by atoms with Gasteiger partial charge in [0.15, 0.2) is 0 Å². The third-order valence-electron chi connectivity index (χ3n) is 2.62. The molecule has 0 aliphatic rings. The van der Waals surface area contributed by atoms with E-state index in [9.17, 15) is 4.39 Å². The molecule has 0 aliphatic heterocycles. The molecule has 92 valence electrons. The molecule has 0 amide bonds. The fraction of sp³-hybridized carbons (Fsp3) is 0.333. The monoisotopic (exact) mass is 411 g/mol. The molecule has 0 N–H and O–H groups in total. The van der Waals surface area contributed by atoms with Gasteiger partial charge < -0.3 is 9.30 Å². The Hall–Kier alpha value is -0.140. The van der Waals surface area contributed by atoms with Gasteiger partial charge in [-0.1, -0.05) is 0 Å². The van der Waals surface area contributed by atoms with Crippen LogP contribution in [0.3, 0.4) is 0 Å². The van der Waals surface area contributed by atoms with Crippen LogP contribution < -0.4 is 0 Å². The number of hydrogen-bond donors (Lipinski definition) is 0. The van der Waals surface area contributed by atoms with Crippen molar-refractivity contribution in [3.63, 3.8) is 0 Å². The Kier molecular flexibility index (Phi) is 4.43. The molecule has 5 heteroatoms. The SMILES string of the molecule is COCCCn1cc(I)c2cc(Br)c(F)cc21. The van der Waals surface area contributed by atoms with E-state index in [1.54, 1.807) is 13.2 Å². The highest BCUT2D eigenvalue weighted by atomic mass is 127. The number of aromatic nitrogens is 1. The van der Waals surface area contributed by atoms with Gasteiger partial charge in [-0.05, 0) is 57.1 Å². The minimum absolute atomic E-state index is 0.222. The van der Waals surface area contributed by atoms with Gasteiger partial charge in [0.25, 0.3) is 0 Å². The molecule has 0 atom stereocenters. The number of benzene rings is 1. The minimum atomic E-state index is -0.222. The van der Waals surface area contributed by atoms with E-state index in [0.29, 0.717) is 4.47 Å². The van der Waals surface area contributed by atoms with Crippen LogP contribution in [0.15, 0.2) is 22.8 Å². The normalized spacial score (nSPS) is 11.3. The fourth-order valence-electron chi connectivity index (χ4n) is 1.81. The number of fused-ring (bicyclic) bond motifs is 1. The molecule has 0 spiro atoms. The average Bonchev–Trinajstić information content (AvgIpc) is 2.58. The van der Waals surface area contributed by atoms with Crippen LogP contribution >= 0.6 is 38.5 Å². The lowest BCUT2D eigenvalue weighted by Gasteiger charge is -2.05. The Morgan fingerprint density at radius 2 is 2.24 bits per heavy atom. The predicted molar refractivity (Wildman–Crippen MR) is 78.8 cm³/mol. The van der Waals surface area contributed by atoms with Gasteiger partial charge >= 0.3 is 0 Å². The quantitative estimate of drug-likeness (QED) is 0.543. The van der Waals surface area contributed by atoms with E-state index in [4.69, 9.17) is 4.74 Å². The van der Waals surface area contributed by atoms with Gasteiger partial charge in [0.1, 0.15) is 5.82 Å². The van der Waals surface area contributed by atoms with Crippen molar-refractivity contribution in [2.24, 2.45) is 0 Å². The fourth-order valence-corrected chi connectivity index (χ4v) is 2.92. The number of rotatable bonds is 4. The van der Waals surface area contributed by atoms with Crippen LogP contribution in [-0.2, 0) is 11.3 Å². The number of nitrogens with zero attached hydrogens (tertiary/aromatic N) is 1. The largest absolute Gasteiger partial charge is 0.385 e. The summed E-state index contributed by atoms with van der Waals surface area (Å²) in [5.74, 6) is -0.222. The maximum Gasteiger partial charge on any atom is 0.139 e. The van der Waals surface area contributed by atoms with Crippen molar-refractivity contribution in [2.75, 3.05) is 13.7 Å². The Morgan fingerprint density at radius 1 is 1.47 bits per heavy atom. The van der Waals surface area contributed by atoms with Gasteiger partial charge in [-0.15, -0.1) is 0 Å². The number of methoxy groups -OCH3 is 1. The van der Waals surface area contributed by atoms with Crippen molar-refractivity contribution in [1.82, 2.24) is 4.57 Å². The van der Waals surface area contributed by atoms with E-state index in [-0.39, 0.29) is 5.82 Å². The van der Waals surface area contributed by atoms with Crippen LogP contribution in [0.5, 0.6) is 0 Å². The van der Waals surface area contributed by atoms with E-state index in [1.807, 2.05) is 12.3 Å². The molecule has 1 aromatic heterocycles. The van der Waals surface area contributed by atoms with Gasteiger partial charge in [-0.2, -0.15) is 0 Å². The van der Waals surface area contributed by atoms with E-state index >= 15 is 0 Å². The molecule has 0 radical (unpaired) electrons. The van der Waals surface area contributed by atoms with Gasteiger partial charge in [-0.25, -0.2) is 4.39 Å². The first kappa shape index (κ1) is 13.3. The maximum atomic E-state index is 13.5. The molecule has 0 aliphatic carbocycles. The van der Waals surface area contributed by atoms with Crippen molar-refractivity contribution >= 4 is 49.4 Å². The number of hydrogen-bond acceptors (Lipinski definition) is 1. The molecule has 2 rings (SSSR count). The lowest BCUT2D eigenvalue weighted by atomic mass is 10.2. The zero-order chi connectivity index (χ0) is 12.4. The van der Waals surface area contributed by atoms with E-state index in [1.165, 1.54) is 0 Å². The maximum absolute atomic E-state index is 13.5. The zero-order valence-electron chi connectivity index (χ0n) is 9.34. The molecule has 0 saturated carbocycles. The molecule has 17 heavy (non-hydrogen) atoms. The molecule has 0 unspecified atom stereocenters. The van der Waals surface area contributed by atoms with E-state index < -0.39 is 0 Å². The Labute approximate surface area is 121 Å². The second-order valence-corrected chi connectivity index (χ2v) is 5.82. The van der Waals surface area contributed by atoms with Crippen molar-refractivity contribution in [3.8, 4) is 0 Å². The lowest BCUT2D eigenvalue weighted by Crippen LogP contribution is -2.00. The standard InChI is InChI=1S/C12H12BrFINO/c1-17-4-2-3-16-7-11(15)8-5-9(13)10(14)6-12(8)16/h5-7H,2-4H2,1H3. The Morgan fingerprint density at radius 3 is 2.94 bits per heavy atom. The Balaban J connectivity index is 2.40. The summed E-state index contributed by atoms with van der Waals surface area (Å²) in [6.45, 7) is 1.56. The van der Waals surface area contributed by atoms with Gasteiger partial charge in [-0.3, -0.25) is 0 Å². The molecule has 1 aromatic carbocycles. The first-order valence-electron chi connectivity index (χ1n) is 5.26. The van der Waals surface area contributed by atoms with Gasteiger partial charge in [0.05, 0.1) is 9.99 Å². The van der Waals surface area contributed by atoms with E-state index in [2.05, 4.69) is 43.1 Å². The summed E-state index contributed by atoms with van der Waals surface area (Å²) in [4.78, 5) is 0. The molecule has 0 fully saturated rings. The highest BCUT2D eigenvalue weighted by Gasteiger charge is 2.10. The number of ether oxygens (including phenoxy) is 1. The topological polar surface area (TPSA) is 14.2 Å². The summed E-state index contributed by atoms with van der Waals surface area (Å²) in [5.41, 5.74) is 0.936. The first-order valence-corrected chi connectivity index (χ1v) is 7.13. The Bertz CT molecular complexity index is 541. The summed E-state index contributed by atoms with van der Waals surface area (Å²) >= 11 is 5.49. The smallest absolute Gasteiger partial charge is 0.139 e. The van der Waals surface area contributed by atoms with Crippen LogP contribution in [0.1, 0.15) is 6.42 Å². The van der Waals surface area contributed by atoms with Crippen LogP contribution in [0.25, 0.3) is 10.9 Å². The third-order valence-corrected chi connectivity index (χ3v) is 4.09. The van der Waals surface area contributed by atoms with Crippen LogP contribution in [-0.4, -0.2) is 18.3 Å². The lowest BCUT2D eigenvalue weighted by molar-refractivity contribution is 0.190. The molecule has 2 aromatic rings. The van der Waals surface area contributed by atoms with Crippen molar-refractivity contribution < 1.29 is 9.13 Å². The molecule has 0 saturated heterocycles. The number of aryl methyl sites for hydroxylation is 1. The average molecular weight is 412 g/mol. The summed E-state index contributed by atoms with van der Waals surface area (Å²) in [5, 5.41) is 1.08. The van der Waals surface area contributed by atoms with Crippen LogP contribution in [0.4, 0.5) is 4.39 Å². The van der Waals surface area contributed by atoms with Crippen LogP contribution in [0.2, 0.25) is 0 Å². The molecule has 2 nitrogen and oxygen atoms in total. The molecule has 0 bridgehead atoms. The summed E-state index contributed by atoms with van der Waals surface area (Å²) in [6.07, 6.45) is 2.97. The minimum Gasteiger partial charge on any atom is -0.385 e. The summed E-state index contributed by atoms with van der Waals surface area (Å²) < 4.78 is 22.3. The van der Waals surface area contributed by atoms with Crippen molar-refractivity contribution in [3.05, 3.63) is 32.2 Å². The van der Waals surface area contributed by atoms with Crippen molar-refractivity contribution in [1.29, 1.82) is 0 Å². The van der Waals surface area contributed by atoms with Crippen LogP contribution in [0, 0.1) is 9.39 Å². The second-order valence-electron chi connectivity index (χ2n) is 3.80. The zero-order valence-corrected chi connectivity index (χ0v) is 13.1. The predicted octanol–water partition coefficient (Wildman–Crippen LogP) is 4.18. The van der Waals surface area contributed by atoms with Gasteiger partial charge in [0.2, 0.25) is 0 Å². The summed E-state index contributed by atoms with van der Waals surface area (Å²) in [6, 6.07) is 3.41. The molecular weight excluding hydrogens is 400 g/mol. The molecule has 1 heterocycles. The number of halogens is 3. The highest BCUT2D eigenvalue weighted by molar-refractivity contribution is 14.1. The second kappa shape index (κ2) is 5.67. The molecular formula is C12H12BrFINO. The summed E-state index contributed by atoms with van der Waals surface area (Å²) in [7, 11) is 1.69. The third kappa shape index (κ3) is 2.82. The van der Waals surface area contributed by atoms with Gasteiger partial charge in [0, 0.05) is 35.4 Å². The first-order chi connectivity index (χ1) is 8.13. The highest BCUT2D eigenvalue weighted by Crippen LogP contribution is 2.28. The van der Waals surface area contributed by atoms with E-state index in [0.717, 1.165) is 34.0 Å². The van der Waals surface area contributed by atoms with Crippen molar-refractivity contribution in [2.45, 2.75) is 13.0 Å².